The molecule has 1 saturated carbocycles. The van der Waals surface area contributed by atoms with E-state index in [2.05, 4.69) is 6.92 Å². The van der Waals surface area contributed by atoms with Crippen LogP contribution in [0.1, 0.15) is 58.3 Å². The second-order valence-electron chi connectivity index (χ2n) is 5.44. The summed E-state index contributed by atoms with van der Waals surface area (Å²) in [4.78, 5) is 0. The van der Waals surface area contributed by atoms with Crippen molar-refractivity contribution in [3.63, 3.8) is 0 Å². The standard InChI is InChI=1S/C14H26O2/c1-2-4-12-7-8-13(11-12)5-3-6-14-15-9-10-16-14/h12-14H,2-11H2,1H3. The van der Waals surface area contributed by atoms with Crippen molar-refractivity contribution < 1.29 is 9.47 Å². The molecule has 1 heterocycles. The lowest BCUT2D eigenvalue weighted by Gasteiger charge is -2.12. The predicted molar refractivity (Wildman–Crippen MR) is 65.3 cm³/mol. The summed E-state index contributed by atoms with van der Waals surface area (Å²) < 4.78 is 10.9. The SMILES string of the molecule is CCCC1CCC(CCCC2OCCO2)C1. The monoisotopic (exact) mass is 226 g/mol. The van der Waals surface area contributed by atoms with Gasteiger partial charge >= 0.3 is 0 Å². The summed E-state index contributed by atoms with van der Waals surface area (Å²) in [5, 5.41) is 0. The van der Waals surface area contributed by atoms with E-state index in [4.69, 9.17) is 9.47 Å². The number of hydrogen-bond acceptors (Lipinski definition) is 2. The highest BCUT2D eigenvalue weighted by molar-refractivity contribution is 4.75. The predicted octanol–water partition coefficient (Wildman–Crippen LogP) is 3.75. The maximum absolute atomic E-state index is 5.46. The first kappa shape index (κ1) is 12.4. The lowest BCUT2D eigenvalue weighted by atomic mass is 9.97. The molecule has 1 aliphatic carbocycles. The highest BCUT2D eigenvalue weighted by Crippen LogP contribution is 2.36. The van der Waals surface area contributed by atoms with Crippen LogP contribution in [0.4, 0.5) is 0 Å². The Balaban J connectivity index is 1.53. The number of rotatable bonds is 6. The zero-order valence-corrected chi connectivity index (χ0v) is 10.6. The fourth-order valence-electron chi connectivity index (χ4n) is 3.26. The van der Waals surface area contributed by atoms with Crippen LogP contribution in [0, 0.1) is 11.8 Å². The molecule has 16 heavy (non-hydrogen) atoms. The van der Waals surface area contributed by atoms with Gasteiger partial charge in [-0.3, -0.25) is 0 Å². The highest BCUT2D eigenvalue weighted by Gasteiger charge is 2.24. The van der Waals surface area contributed by atoms with Crippen LogP contribution in [0.25, 0.3) is 0 Å². The molecule has 0 spiro atoms. The molecule has 2 rings (SSSR count). The highest BCUT2D eigenvalue weighted by atomic mass is 16.7. The maximum atomic E-state index is 5.46. The minimum absolute atomic E-state index is 0.118. The topological polar surface area (TPSA) is 18.5 Å². The molecule has 0 N–H and O–H groups in total. The molecule has 2 aliphatic rings. The molecule has 1 aliphatic heterocycles. The van der Waals surface area contributed by atoms with E-state index in [1.54, 1.807) is 0 Å². The van der Waals surface area contributed by atoms with E-state index in [0.717, 1.165) is 31.5 Å². The number of ether oxygens (including phenoxy) is 2. The van der Waals surface area contributed by atoms with Gasteiger partial charge in [0.25, 0.3) is 0 Å². The van der Waals surface area contributed by atoms with Crippen LogP contribution < -0.4 is 0 Å². The zero-order valence-electron chi connectivity index (χ0n) is 10.6. The second-order valence-corrected chi connectivity index (χ2v) is 5.44. The van der Waals surface area contributed by atoms with Gasteiger partial charge in [-0.25, -0.2) is 0 Å². The molecule has 0 radical (unpaired) electrons. The Morgan fingerprint density at radius 1 is 0.938 bits per heavy atom. The van der Waals surface area contributed by atoms with Gasteiger partial charge in [0.2, 0.25) is 0 Å². The molecule has 2 fully saturated rings. The largest absolute Gasteiger partial charge is 0.350 e. The van der Waals surface area contributed by atoms with Gasteiger partial charge in [-0.05, 0) is 31.1 Å². The molecule has 0 aromatic heterocycles. The van der Waals surface area contributed by atoms with Crippen LogP contribution in [0.5, 0.6) is 0 Å². The van der Waals surface area contributed by atoms with E-state index >= 15 is 0 Å². The first-order chi connectivity index (χ1) is 7.88. The summed E-state index contributed by atoms with van der Waals surface area (Å²) in [5.41, 5.74) is 0. The Hall–Kier alpha value is -0.0800. The summed E-state index contributed by atoms with van der Waals surface area (Å²) >= 11 is 0. The minimum atomic E-state index is 0.118. The smallest absolute Gasteiger partial charge is 0.157 e. The van der Waals surface area contributed by atoms with Crippen LogP contribution in [-0.4, -0.2) is 19.5 Å². The quantitative estimate of drug-likeness (QED) is 0.687. The number of hydrogen-bond donors (Lipinski definition) is 0. The van der Waals surface area contributed by atoms with Gasteiger partial charge in [-0.15, -0.1) is 0 Å². The van der Waals surface area contributed by atoms with Gasteiger partial charge in [0.05, 0.1) is 13.2 Å². The van der Waals surface area contributed by atoms with Crippen molar-refractivity contribution in [1.29, 1.82) is 0 Å². The normalized spacial score (nSPS) is 31.3. The van der Waals surface area contributed by atoms with Crippen molar-refractivity contribution in [2.45, 2.75) is 64.6 Å². The summed E-state index contributed by atoms with van der Waals surface area (Å²) in [6.45, 7) is 3.90. The zero-order chi connectivity index (χ0) is 11.2. The lowest BCUT2D eigenvalue weighted by molar-refractivity contribution is -0.0484. The van der Waals surface area contributed by atoms with Crippen molar-refractivity contribution >= 4 is 0 Å². The average molecular weight is 226 g/mol. The summed E-state index contributed by atoms with van der Waals surface area (Å²) in [6, 6.07) is 0. The van der Waals surface area contributed by atoms with Gasteiger partial charge in [-0.2, -0.15) is 0 Å². The van der Waals surface area contributed by atoms with Crippen LogP contribution in [0.3, 0.4) is 0 Å². The fraction of sp³-hybridized carbons (Fsp3) is 1.00. The van der Waals surface area contributed by atoms with Crippen molar-refractivity contribution in [2.24, 2.45) is 11.8 Å². The van der Waals surface area contributed by atoms with Crippen LogP contribution in [-0.2, 0) is 9.47 Å². The summed E-state index contributed by atoms with van der Waals surface area (Å²) in [5.74, 6) is 2.03. The summed E-state index contributed by atoms with van der Waals surface area (Å²) in [6.07, 6.45) is 11.2. The van der Waals surface area contributed by atoms with Gasteiger partial charge in [0.15, 0.2) is 6.29 Å². The van der Waals surface area contributed by atoms with E-state index < -0.39 is 0 Å². The first-order valence-corrected chi connectivity index (χ1v) is 7.11. The Labute approximate surface area is 99.7 Å². The van der Waals surface area contributed by atoms with E-state index in [9.17, 15) is 0 Å². The Kier molecular flexibility index (Phi) is 5.11. The average Bonchev–Trinajstić information content (AvgIpc) is 2.90. The fourth-order valence-corrected chi connectivity index (χ4v) is 3.26. The molecule has 2 heteroatoms. The minimum Gasteiger partial charge on any atom is -0.350 e. The molecule has 0 aromatic rings. The molecular weight excluding hydrogens is 200 g/mol. The van der Waals surface area contributed by atoms with Crippen molar-refractivity contribution in [2.75, 3.05) is 13.2 Å². The van der Waals surface area contributed by atoms with Crippen LogP contribution in [0.2, 0.25) is 0 Å². The third-order valence-electron chi connectivity index (χ3n) is 4.09. The van der Waals surface area contributed by atoms with Crippen molar-refractivity contribution in [1.82, 2.24) is 0 Å². The van der Waals surface area contributed by atoms with E-state index in [1.165, 1.54) is 44.9 Å². The van der Waals surface area contributed by atoms with E-state index in [1.807, 2.05) is 0 Å². The van der Waals surface area contributed by atoms with Crippen LogP contribution >= 0.6 is 0 Å². The maximum Gasteiger partial charge on any atom is 0.157 e. The molecule has 1 saturated heterocycles. The first-order valence-electron chi connectivity index (χ1n) is 7.11. The third-order valence-corrected chi connectivity index (χ3v) is 4.09. The molecule has 0 amide bonds. The van der Waals surface area contributed by atoms with Gasteiger partial charge in [0.1, 0.15) is 0 Å². The lowest BCUT2D eigenvalue weighted by Crippen LogP contribution is -2.08. The Morgan fingerprint density at radius 2 is 1.62 bits per heavy atom. The molecule has 2 unspecified atom stereocenters. The molecule has 94 valence electrons. The van der Waals surface area contributed by atoms with Gasteiger partial charge < -0.3 is 9.47 Å². The molecule has 2 nitrogen and oxygen atoms in total. The third kappa shape index (κ3) is 3.74. The molecular formula is C14H26O2. The Morgan fingerprint density at radius 3 is 2.31 bits per heavy atom. The van der Waals surface area contributed by atoms with E-state index in [0.29, 0.717) is 0 Å². The molecule has 2 atom stereocenters. The van der Waals surface area contributed by atoms with Gasteiger partial charge in [0, 0.05) is 0 Å². The van der Waals surface area contributed by atoms with Crippen molar-refractivity contribution in [3.05, 3.63) is 0 Å². The summed E-state index contributed by atoms with van der Waals surface area (Å²) in [7, 11) is 0. The van der Waals surface area contributed by atoms with Gasteiger partial charge in [-0.1, -0.05) is 39.0 Å². The van der Waals surface area contributed by atoms with Crippen molar-refractivity contribution in [3.8, 4) is 0 Å². The second kappa shape index (κ2) is 6.61. The molecule has 0 bridgehead atoms. The molecule has 0 aromatic carbocycles. The van der Waals surface area contributed by atoms with E-state index in [-0.39, 0.29) is 6.29 Å². The van der Waals surface area contributed by atoms with Crippen LogP contribution in [0.15, 0.2) is 0 Å². The Bertz CT molecular complexity index is 187.